The van der Waals surface area contributed by atoms with Crippen molar-refractivity contribution < 1.29 is 18.0 Å². The lowest BCUT2D eigenvalue weighted by Crippen LogP contribution is -2.46. The Morgan fingerprint density at radius 1 is 1.48 bits per heavy atom. The highest BCUT2D eigenvalue weighted by molar-refractivity contribution is 7.98. The molecule has 2 rings (SSSR count). The van der Waals surface area contributed by atoms with Crippen molar-refractivity contribution in [3.63, 3.8) is 0 Å². The summed E-state index contributed by atoms with van der Waals surface area (Å²) >= 11 is 1.29. The fourth-order valence-corrected chi connectivity index (χ4v) is 2.77. The summed E-state index contributed by atoms with van der Waals surface area (Å²) in [6.07, 6.45) is -3.18. The number of hydrogen-bond acceptors (Lipinski definition) is 5. The Kier molecular flexibility index (Phi) is 5.16. The van der Waals surface area contributed by atoms with Crippen molar-refractivity contribution in [1.29, 1.82) is 5.26 Å². The van der Waals surface area contributed by atoms with Gasteiger partial charge < -0.3 is 0 Å². The molecule has 1 amide bonds. The van der Waals surface area contributed by atoms with Gasteiger partial charge in [0.15, 0.2) is 0 Å². The lowest BCUT2D eigenvalue weighted by Gasteiger charge is -2.21. The van der Waals surface area contributed by atoms with E-state index >= 15 is 0 Å². The van der Waals surface area contributed by atoms with Crippen molar-refractivity contribution in [3.05, 3.63) is 29.6 Å². The number of thioether (sulfide) groups is 1. The monoisotopic (exact) mass is 344 g/mol. The number of carbonyl (C=O) groups excluding carboxylic acids is 1. The van der Waals surface area contributed by atoms with E-state index in [0.29, 0.717) is 24.3 Å². The van der Waals surface area contributed by atoms with Gasteiger partial charge in [-0.3, -0.25) is 9.80 Å². The van der Waals surface area contributed by atoms with Crippen LogP contribution in [0.1, 0.15) is 30.7 Å². The molecular weight excluding hydrogens is 329 g/mol. The maximum absolute atomic E-state index is 12.5. The van der Waals surface area contributed by atoms with Crippen molar-refractivity contribution in [3.8, 4) is 6.07 Å². The molecule has 1 aromatic rings. The first-order valence-corrected chi connectivity index (χ1v) is 8.04. The average Bonchev–Trinajstić information content (AvgIpc) is 3.31. The fraction of sp³-hybridized carbons (Fsp3) is 0.500. The standard InChI is InChI=1S/C14H15F3N4OS/c15-14(16,17)11-3-1-2-10(20-11)8-23-7-4-12(22)21(19)13(9-18)5-6-13/h1-3H,4-8,19H2. The first kappa shape index (κ1) is 17.6. The predicted molar refractivity (Wildman–Crippen MR) is 78.6 cm³/mol. The molecule has 124 valence electrons. The van der Waals surface area contributed by atoms with E-state index in [1.807, 2.05) is 6.07 Å². The summed E-state index contributed by atoms with van der Waals surface area (Å²) in [5.74, 6) is 5.97. The molecule has 0 saturated heterocycles. The van der Waals surface area contributed by atoms with Crippen LogP contribution in [0.3, 0.4) is 0 Å². The number of aromatic nitrogens is 1. The van der Waals surface area contributed by atoms with Crippen molar-refractivity contribution in [1.82, 2.24) is 9.99 Å². The molecule has 0 aliphatic heterocycles. The Morgan fingerprint density at radius 2 is 2.17 bits per heavy atom. The lowest BCUT2D eigenvalue weighted by molar-refractivity contribution is -0.141. The molecule has 1 aliphatic rings. The summed E-state index contributed by atoms with van der Waals surface area (Å²) in [5.41, 5.74) is -1.48. The van der Waals surface area contributed by atoms with Gasteiger partial charge in [-0.1, -0.05) is 6.07 Å². The lowest BCUT2D eigenvalue weighted by atomic mass is 10.3. The molecule has 23 heavy (non-hydrogen) atoms. The molecular formula is C14H15F3N4OS. The zero-order chi connectivity index (χ0) is 17.1. The van der Waals surface area contributed by atoms with Crippen LogP contribution in [0, 0.1) is 11.3 Å². The highest BCUT2D eigenvalue weighted by Gasteiger charge is 2.49. The summed E-state index contributed by atoms with van der Waals surface area (Å²) in [4.78, 5) is 15.4. The third-order valence-electron chi connectivity index (χ3n) is 3.47. The Bertz CT molecular complexity index is 625. The number of carbonyl (C=O) groups is 1. The van der Waals surface area contributed by atoms with E-state index in [-0.39, 0.29) is 18.1 Å². The van der Waals surface area contributed by atoms with Crippen molar-refractivity contribution in [2.45, 2.75) is 36.7 Å². The van der Waals surface area contributed by atoms with Crippen molar-refractivity contribution in [2.75, 3.05) is 5.75 Å². The minimum atomic E-state index is -4.47. The summed E-state index contributed by atoms with van der Waals surface area (Å²) in [7, 11) is 0. The van der Waals surface area contributed by atoms with E-state index in [1.54, 1.807) is 0 Å². The topological polar surface area (TPSA) is 83.0 Å². The van der Waals surface area contributed by atoms with Crippen molar-refractivity contribution in [2.24, 2.45) is 5.84 Å². The van der Waals surface area contributed by atoms with Crippen LogP contribution >= 0.6 is 11.8 Å². The number of halogens is 3. The Balaban J connectivity index is 1.78. The number of alkyl halides is 3. The SMILES string of the molecule is N#CC1(N(N)C(=O)CCSCc2cccc(C(F)(F)F)n2)CC1. The Hall–Kier alpha value is -1.79. The second kappa shape index (κ2) is 6.76. The van der Waals surface area contributed by atoms with Crippen LogP contribution < -0.4 is 5.84 Å². The maximum atomic E-state index is 12.5. The van der Waals surface area contributed by atoms with E-state index in [9.17, 15) is 18.0 Å². The number of rotatable bonds is 6. The number of nitrogens with two attached hydrogens (primary N) is 1. The fourth-order valence-electron chi connectivity index (χ4n) is 1.94. The summed E-state index contributed by atoms with van der Waals surface area (Å²) < 4.78 is 37.6. The second-order valence-electron chi connectivity index (χ2n) is 5.22. The molecule has 2 N–H and O–H groups in total. The van der Waals surface area contributed by atoms with Crippen LogP contribution in [0.4, 0.5) is 13.2 Å². The summed E-state index contributed by atoms with van der Waals surface area (Å²) in [6, 6.07) is 5.76. The zero-order valence-corrected chi connectivity index (χ0v) is 13.0. The van der Waals surface area contributed by atoms with Crippen LogP contribution in [0.5, 0.6) is 0 Å². The molecule has 1 heterocycles. The molecule has 9 heteroatoms. The molecule has 1 saturated carbocycles. The van der Waals surface area contributed by atoms with Gasteiger partial charge in [0.25, 0.3) is 0 Å². The minimum absolute atomic E-state index is 0.129. The van der Waals surface area contributed by atoms with E-state index in [1.165, 1.54) is 23.9 Å². The number of amides is 1. The number of nitriles is 1. The third kappa shape index (κ3) is 4.36. The molecule has 0 spiro atoms. The first-order valence-electron chi connectivity index (χ1n) is 6.88. The Labute approximate surface area is 135 Å². The molecule has 1 fully saturated rings. The summed E-state index contributed by atoms with van der Waals surface area (Å²) in [6.45, 7) is 0. The van der Waals surface area contributed by atoms with Gasteiger partial charge in [-0.25, -0.2) is 10.8 Å². The van der Waals surface area contributed by atoms with Crippen LogP contribution in [0.2, 0.25) is 0 Å². The molecule has 0 aromatic carbocycles. The van der Waals surface area contributed by atoms with Gasteiger partial charge in [0.2, 0.25) is 5.91 Å². The number of hydrogen-bond donors (Lipinski definition) is 1. The van der Waals surface area contributed by atoms with E-state index in [2.05, 4.69) is 4.98 Å². The number of nitrogens with zero attached hydrogens (tertiary/aromatic N) is 3. The van der Waals surface area contributed by atoms with Crippen LogP contribution in [0.25, 0.3) is 0 Å². The molecule has 0 atom stereocenters. The molecule has 5 nitrogen and oxygen atoms in total. The minimum Gasteiger partial charge on any atom is -0.273 e. The molecule has 0 unspecified atom stereocenters. The van der Waals surface area contributed by atoms with Gasteiger partial charge in [-0.05, 0) is 25.0 Å². The highest BCUT2D eigenvalue weighted by Crippen LogP contribution is 2.39. The molecule has 1 aromatic heterocycles. The average molecular weight is 344 g/mol. The van der Waals surface area contributed by atoms with E-state index in [0.717, 1.165) is 11.1 Å². The largest absolute Gasteiger partial charge is 0.433 e. The first-order chi connectivity index (χ1) is 10.8. The van der Waals surface area contributed by atoms with Crippen molar-refractivity contribution >= 4 is 17.7 Å². The highest BCUT2D eigenvalue weighted by atomic mass is 32.2. The van der Waals surface area contributed by atoms with Gasteiger partial charge in [-0.2, -0.15) is 30.2 Å². The molecule has 0 radical (unpaired) electrons. The quantitative estimate of drug-likeness (QED) is 0.371. The van der Waals surface area contributed by atoms with Crippen LogP contribution in [-0.4, -0.2) is 27.2 Å². The third-order valence-corrected chi connectivity index (χ3v) is 4.46. The Morgan fingerprint density at radius 3 is 2.74 bits per heavy atom. The number of pyridine rings is 1. The van der Waals surface area contributed by atoms with Gasteiger partial charge >= 0.3 is 6.18 Å². The predicted octanol–water partition coefficient (Wildman–Crippen LogP) is 2.48. The smallest absolute Gasteiger partial charge is 0.273 e. The zero-order valence-electron chi connectivity index (χ0n) is 12.1. The summed E-state index contributed by atoms with van der Waals surface area (Å²) in [5, 5.41) is 9.94. The van der Waals surface area contributed by atoms with E-state index in [4.69, 9.17) is 11.1 Å². The van der Waals surface area contributed by atoms with Crippen LogP contribution in [-0.2, 0) is 16.7 Å². The maximum Gasteiger partial charge on any atom is 0.433 e. The van der Waals surface area contributed by atoms with Gasteiger partial charge in [0.05, 0.1) is 11.8 Å². The van der Waals surface area contributed by atoms with E-state index < -0.39 is 17.4 Å². The van der Waals surface area contributed by atoms with Gasteiger partial charge in [0, 0.05) is 17.9 Å². The second-order valence-corrected chi connectivity index (χ2v) is 6.33. The van der Waals surface area contributed by atoms with Gasteiger partial charge in [-0.15, -0.1) is 0 Å². The normalized spacial score (nSPS) is 15.8. The molecule has 1 aliphatic carbocycles. The van der Waals surface area contributed by atoms with Gasteiger partial charge in [0.1, 0.15) is 11.2 Å². The number of hydrazine groups is 1. The van der Waals surface area contributed by atoms with Crippen LogP contribution in [0.15, 0.2) is 18.2 Å². The molecule has 0 bridgehead atoms.